The summed E-state index contributed by atoms with van der Waals surface area (Å²) in [6.45, 7) is 0. The number of hydrogen-bond donors (Lipinski definition) is 2. The molecule has 3 nitrogen and oxygen atoms in total. The standard InChI is InChI=1S/C9H8F3NO2S/c10-9(11,12)8(15)13-5-3-6(14)7-4(5)1-2-16-7/h1-2,5-6,14H,3H2,(H,13,15)/t5-,6+/m0/s1. The third-order valence-corrected chi connectivity index (χ3v) is 3.46. The van der Waals surface area contributed by atoms with E-state index in [1.807, 2.05) is 5.32 Å². The van der Waals surface area contributed by atoms with Crippen molar-refractivity contribution in [2.45, 2.75) is 24.7 Å². The van der Waals surface area contributed by atoms with Crippen LogP contribution in [0.5, 0.6) is 0 Å². The largest absolute Gasteiger partial charge is 0.471 e. The summed E-state index contributed by atoms with van der Waals surface area (Å²) in [5.41, 5.74) is 0.579. The molecule has 0 spiro atoms. The Kier molecular flexibility index (Phi) is 2.67. The summed E-state index contributed by atoms with van der Waals surface area (Å²) in [4.78, 5) is 11.4. The number of rotatable bonds is 1. The normalized spacial score (nSPS) is 24.2. The number of amides is 1. The molecular weight excluding hydrogens is 243 g/mol. The molecule has 1 aromatic heterocycles. The van der Waals surface area contributed by atoms with E-state index in [0.29, 0.717) is 10.4 Å². The molecule has 1 aromatic rings. The van der Waals surface area contributed by atoms with E-state index in [1.165, 1.54) is 11.3 Å². The van der Waals surface area contributed by atoms with Crippen LogP contribution in [0.2, 0.25) is 0 Å². The summed E-state index contributed by atoms with van der Waals surface area (Å²) in [5.74, 6) is -1.97. The maximum absolute atomic E-state index is 12.0. The topological polar surface area (TPSA) is 49.3 Å². The average Bonchev–Trinajstić information content (AvgIpc) is 2.70. The number of hydrogen-bond acceptors (Lipinski definition) is 3. The fourth-order valence-corrected chi connectivity index (χ4v) is 2.68. The molecule has 1 aliphatic carbocycles. The maximum atomic E-state index is 12.0. The Balaban J connectivity index is 2.12. The van der Waals surface area contributed by atoms with Crippen molar-refractivity contribution >= 4 is 17.2 Å². The van der Waals surface area contributed by atoms with Crippen LogP contribution in [0.3, 0.4) is 0 Å². The van der Waals surface area contributed by atoms with Gasteiger partial charge in [0.15, 0.2) is 0 Å². The summed E-state index contributed by atoms with van der Waals surface area (Å²) >= 11 is 1.28. The van der Waals surface area contributed by atoms with Gasteiger partial charge in [-0.15, -0.1) is 11.3 Å². The second kappa shape index (κ2) is 3.74. The van der Waals surface area contributed by atoms with Gasteiger partial charge in [-0.05, 0) is 17.0 Å². The average molecular weight is 251 g/mol. The fourth-order valence-electron chi connectivity index (χ4n) is 1.72. The number of fused-ring (bicyclic) bond motifs is 1. The van der Waals surface area contributed by atoms with Gasteiger partial charge in [0.25, 0.3) is 0 Å². The molecule has 7 heteroatoms. The molecule has 0 aromatic carbocycles. The van der Waals surface area contributed by atoms with Crippen LogP contribution in [0.15, 0.2) is 11.4 Å². The molecule has 0 saturated carbocycles. The van der Waals surface area contributed by atoms with Crippen molar-refractivity contribution < 1.29 is 23.1 Å². The molecule has 0 unspecified atom stereocenters. The first-order chi connectivity index (χ1) is 7.39. The van der Waals surface area contributed by atoms with Gasteiger partial charge in [-0.25, -0.2) is 0 Å². The predicted molar refractivity (Wildman–Crippen MR) is 50.8 cm³/mol. The maximum Gasteiger partial charge on any atom is 0.471 e. The first kappa shape index (κ1) is 11.4. The second-order valence-corrected chi connectivity index (χ2v) is 4.46. The van der Waals surface area contributed by atoms with Gasteiger partial charge in [-0.1, -0.05) is 0 Å². The van der Waals surface area contributed by atoms with Gasteiger partial charge in [0.05, 0.1) is 12.1 Å². The number of nitrogens with one attached hydrogen (secondary N) is 1. The number of alkyl halides is 3. The van der Waals surface area contributed by atoms with Crippen LogP contribution in [0.1, 0.15) is 29.0 Å². The van der Waals surface area contributed by atoms with Crippen molar-refractivity contribution in [1.82, 2.24) is 5.32 Å². The molecule has 2 atom stereocenters. The summed E-state index contributed by atoms with van der Waals surface area (Å²) in [5, 5.41) is 13.1. The summed E-state index contributed by atoms with van der Waals surface area (Å²) < 4.78 is 36.1. The highest BCUT2D eigenvalue weighted by Gasteiger charge is 2.42. The zero-order valence-corrected chi connectivity index (χ0v) is 8.73. The van der Waals surface area contributed by atoms with Gasteiger partial charge >= 0.3 is 12.1 Å². The molecule has 2 rings (SSSR count). The van der Waals surface area contributed by atoms with Crippen LogP contribution in [-0.2, 0) is 4.79 Å². The van der Waals surface area contributed by atoms with Crippen LogP contribution in [0.25, 0.3) is 0 Å². The van der Waals surface area contributed by atoms with Crippen LogP contribution >= 0.6 is 11.3 Å². The molecule has 1 heterocycles. The number of aliphatic hydroxyl groups is 1. The minimum atomic E-state index is -4.89. The first-order valence-electron chi connectivity index (χ1n) is 4.52. The number of halogens is 3. The predicted octanol–water partition coefficient (Wildman–Crippen LogP) is 1.90. The van der Waals surface area contributed by atoms with Crippen molar-refractivity contribution in [1.29, 1.82) is 0 Å². The molecule has 1 amide bonds. The summed E-state index contributed by atoms with van der Waals surface area (Å²) in [6.07, 6.45) is -5.57. The zero-order valence-electron chi connectivity index (χ0n) is 7.91. The fraction of sp³-hybridized carbons (Fsp3) is 0.444. The smallest absolute Gasteiger partial charge is 0.387 e. The number of thiophene rings is 1. The lowest BCUT2D eigenvalue weighted by atomic mass is 10.2. The Bertz CT molecular complexity index is 415. The number of aliphatic hydroxyl groups excluding tert-OH is 1. The number of carbonyl (C=O) groups is 1. The molecule has 88 valence electrons. The Hall–Kier alpha value is -1.08. The second-order valence-electron chi connectivity index (χ2n) is 3.52. The van der Waals surface area contributed by atoms with Gasteiger partial charge in [0.2, 0.25) is 0 Å². The van der Waals surface area contributed by atoms with Crippen LogP contribution in [-0.4, -0.2) is 17.2 Å². The van der Waals surface area contributed by atoms with Crippen molar-refractivity contribution in [2.24, 2.45) is 0 Å². The Morgan fingerprint density at radius 1 is 1.56 bits per heavy atom. The van der Waals surface area contributed by atoms with Crippen molar-refractivity contribution in [3.8, 4) is 0 Å². The molecule has 0 fully saturated rings. The van der Waals surface area contributed by atoms with Gasteiger partial charge in [0.1, 0.15) is 0 Å². The number of carbonyl (C=O) groups excluding carboxylic acids is 1. The molecule has 0 aliphatic heterocycles. The Labute approximate surface area is 92.9 Å². The van der Waals surface area contributed by atoms with Gasteiger partial charge in [-0.2, -0.15) is 13.2 Å². The van der Waals surface area contributed by atoms with Crippen molar-refractivity contribution in [3.63, 3.8) is 0 Å². The van der Waals surface area contributed by atoms with Crippen LogP contribution in [0.4, 0.5) is 13.2 Å². The summed E-state index contributed by atoms with van der Waals surface area (Å²) in [6, 6.07) is 0.878. The van der Waals surface area contributed by atoms with E-state index in [2.05, 4.69) is 0 Å². The van der Waals surface area contributed by atoms with Crippen molar-refractivity contribution in [2.75, 3.05) is 0 Å². The minimum absolute atomic E-state index is 0.101. The van der Waals surface area contributed by atoms with E-state index < -0.39 is 24.2 Å². The highest BCUT2D eigenvalue weighted by molar-refractivity contribution is 7.10. The van der Waals surface area contributed by atoms with E-state index in [0.717, 1.165) is 0 Å². The van der Waals surface area contributed by atoms with Crippen LogP contribution in [0, 0.1) is 0 Å². The molecule has 16 heavy (non-hydrogen) atoms. The molecule has 2 N–H and O–H groups in total. The van der Waals surface area contributed by atoms with E-state index in [-0.39, 0.29) is 6.42 Å². The van der Waals surface area contributed by atoms with Crippen LogP contribution < -0.4 is 5.32 Å². The lowest BCUT2D eigenvalue weighted by molar-refractivity contribution is -0.174. The van der Waals surface area contributed by atoms with E-state index in [4.69, 9.17) is 0 Å². The van der Waals surface area contributed by atoms with Gasteiger partial charge in [0, 0.05) is 11.3 Å². The van der Waals surface area contributed by atoms with E-state index >= 15 is 0 Å². The minimum Gasteiger partial charge on any atom is -0.387 e. The molecule has 1 aliphatic rings. The van der Waals surface area contributed by atoms with E-state index in [9.17, 15) is 23.1 Å². The zero-order chi connectivity index (χ0) is 11.9. The molecule has 0 saturated heterocycles. The molecule has 0 radical (unpaired) electrons. The highest BCUT2D eigenvalue weighted by atomic mass is 32.1. The quantitative estimate of drug-likeness (QED) is 0.801. The monoisotopic (exact) mass is 251 g/mol. The molecular formula is C9H8F3NO2S. The lowest BCUT2D eigenvalue weighted by Gasteiger charge is -2.14. The Morgan fingerprint density at radius 3 is 2.88 bits per heavy atom. The SMILES string of the molecule is O=C(N[C@H]1C[C@@H](O)c2sccc21)C(F)(F)F. The third-order valence-electron chi connectivity index (χ3n) is 2.43. The summed E-state index contributed by atoms with van der Waals surface area (Å²) in [7, 11) is 0. The third kappa shape index (κ3) is 1.92. The Morgan fingerprint density at radius 2 is 2.25 bits per heavy atom. The van der Waals surface area contributed by atoms with Crippen molar-refractivity contribution in [3.05, 3.63) is 21.9 Å². The highest BCUT2D eigenvalue weighted by Crippen LogP contribution is 2.42. The first-order valence-corrected chi connectivity index (χ1v) is 5.40. The lowest BCUT2D eigenvalue weighted by Crippen LogP contribution is -2.38. The molecule has 0 bridgehead atoms. The van der Waals surface area contributed by atoms with Gasteiger partial charge < -0.3 is 10.4 Å². The van der Waals surface area contributed by atoms with Gasteiger partial charge in [-0.3, -0.25) is 4.79 Å². The van der Waals surface area contributed by atoms with E-state index in [1.54, 1.807) is 11.4 Å².